The number of sulfonamides is 1. The largest absolute Gasteiger partial charge is 0.468 e. The minimum absolute atomic E-state index is 0.110. The van der Waals surface area contributed by atoms with Gasteiger partial charge in [0, 0.05) is 11.4 Å². The highest BCUT2D eigenvalue weighted by Gasteiger charge is 2.28. The lowest BCUT2D eigenvalue weighted by molar-refractivity contribution is -0.139. The molecule has 0 aliphatic heterocycles. The van der Waals surface area contributed by atoms with Gasteiger partial charge in [-0.25, -0.2) is 13.1 Å². The van der Waals surface area contributed by atoms with Gasteiger partial charge in [-0.1, -0.05) is 11.8 Å². The molecular formula is C12H16N2O4S2. The molecule has 0 saturated carbocycles. The molecule has 3 N–H and O–H groups in total. The van der Waals surface area contributed by atoms with Crippen molar-refractivity contribution in [3.63, 3.8) is 0 Å². The molecule has 0 spiro atoms. The molecular weight excluding hydrogens is 300 g/mol. The maximum absolute atomic E-state index is 11.8. The number of ether oxygens (including phenoxy) is 1. The Morgan fingerprint density at radius 2 is 2.25 bits per heavy atom. The number of thiophene rings is 1. The smallest absolute Gasteiger partial charge is 0.325 e. The van der Waals surface area contributed by atoms with Crippen LogP contribution in [0.2, 0.25) is 0 Å². The van der Waals surface area contributed by atoms with Crippen LogP contribution in [0.4, 0.5) is 0 Å². The average Bonchev–Trinajstić information content (AvgIpc) is 2.89. The molecule has 1 unspecified atom stereocenters. The lowest BCUT2D eigenvalue weighted by Crippen LogP contribution is -2.37. The van der Waals surface area contributed by atoms with Gasteiger partial charge in [-0.15, -0.1) is 11.3 Å². The number of hydrogen-bond donors (Lipinski definition) is 2. The molecule has 0 aliphatic carbocycles. The molecule has 6 nitrogen and oxygen atoms in total. The molecule has 0 aromatic carbocycles. The van der Waals surface area contributed by atoms with E-state index >= 15 is 0 Å². The lowest BCUT2D eigenvalue weighted by Gasteiger charge is -2.11. The van der Waals surface area contributed by atoms with Crippen molar-refractivity contribution in [1.29, 1.82) is 0 Å². The van der Waals surface area contributed by atoms with Crippen molar-refractivity contribution in [2.24, 2.45) is 5.73 Å². The molecule has 0 bridgehead atoms. The van der Waals surface area contributed by atoms with Gasteiger partial charge in [0.05, 0.1) is 18.5 Å². The summed E-state index contributed by atoms with van der Waals surface area (Å²) in [7, 11) is -2.60. The third-order valence-corrected chi connectivity index (χ3v) is 5.09. The third kappa shape index (κ3) is 4.61. The van der Waals surface area contributed by atoms with E-state index < -0.39 is 21.2 Å². The zero-order chi connectivity index (χ0) is 15.2. The minimum atomic E-state index is -3.75. The monoisotopic (exact) mass is 316 g/mol. The number of rotatable bonds is 5. The Balaban J connectivity index is 2.67. The maximum Gasteiger partial charge on any atom is 0.325 e. The number of hydrogen-bond acceptors (Lipinski definition) is 6. The molecule has 1 aromatic rings. The number of esters is 1. The van der Waals surface area contributed by atoms with Crippen molar-refractivity contribution < 1.29 is 17.9 Å². The summed E-state index contributed by atoms with van der Waals surface area (Å²) in [5.74, 6) is 4.79. The normalized spacial score (nSPS) is 12.3. The first kappa shape index (κ1) is 16.7. The van der Waals surface area contributed by atoms with Crippen LogP contribution in [0.3, 0.4) is 0 Å². The number of methoxy groups -OCH3 is 1. The summed E-state index contributed by atoms with van der Waals surface area (Å²) in [6.45, 7) is 1.66. The Bertz CT molecular complexity index is 625. The van der Waals surface area contributed by atoms with Crippen LogP contribution in [0.25, 0.3) is 0 Å². The Morgan fingerprint density at radius 3 is 2.85 bits per heavy atom. The highest BCUT2D eigenvalue weighted by Crippen LogP contribution is 2.15. The van der Waals surface area contributed by atoms with E-state index in [2.05, 4.69) is 21.3 Å². The molecule has 1 atom stereocenters. The van der Waals surface area contributed by atoms with Gasteiger partial charge >= 0.3 is 5.97 Å². The van der Waals surface area contributed by atoms with Gasteiger partial charge in [-0.3, -0.25) is 4.79 Å². The summed E-state index contributed by atoms with van der Waals surface area (Å²) in [4.78, 5) is 12.8. The molecule has 1 rings (SSSR count). The number of nitrogens with one attached hydrogen (secondary N) is 1. The van der Waals surface area contributed by atoms with Crippen molar-refractivity contribution in [2.75, 3.05) is 13.7 Å². The summed E-state index contributed by atoms with van der Waals surface area (Å²) < 4.78 is 30.4. The van der Waals surface area contributed by atoms with E-state index in [1.807, 2.05) is 0 Å². The first-order chi connectivity index (χ1) is 9.40. The van der Waals surface area contributed by atoms with E-state index in [4.69, 9.17) is 5.73 Å². The van der Waals surface area contributed by atoms with Crippen LogP contribution in [-0.2, 0) is 26.1 Å². The number of carbonyl (C=O) groups excluding carboxylic acids is 1. The quantitative estimate of drug-likeness (QED) is 0.590. The Kier molecular flexibility index (Phi) is 6.16. The lowest BCUT2D eigenvalue weighted by atomic mass is 10.4. The Morgan fingerprint density at radius 1 is 1.55 bits per heavy atom. The topological polar surface area (TPSA) is 98.5 Å². The van der Waals surface area contributed by atoms with Gasteiger partial charge in [0.2, 0.25) is 10.0 Å². The Hall–Kier alpha value is -1.40. The number of nitrogens with two attached hydrogens (primary N) is 1. The fourth-order valence-electron chi connectivity index (χ4n) is 1.27. The standard InChI is InChI=1S/C12H16N2O4S2/c1-9(12(15)18-2)20(16,17)14-8-11-6-5-10(19-11)4-3-7-13/h5-6,9,14H,7-8,13H2,1-2H3. The summed E-state index contributed by atoms with van der Waals surface area (Å²) in [5.41, 5.74) is 5.27. The van der Waals surface area contributed by atoms with Gasteiger partial charge in [-0.05, 0) is 19.1 Å². The highest BCUT2D eigenvalue weighted by molar-refractivity contribution is 7.90. The van der Waals surface area contributed by atoms with Gasteiger partial charge in [0.1, 0.15) is 0 Å². The van der Waals surface area contributed by atoms with Crippen molar-refractivity contribution in [3.05, 3.63) is 21.9 Å². The fraction of sp³-hybridized carbons (Fsp3) is 0.417. The highest BCUT2D eigenvalue weighted by atomic mass is 32.2. The van der Waals surface area contributed by atoms with Gasteiger partial charge in [0.25, 0.3) is 0 Å². The van der Waals surface area contributed by atoms with Crippen LogP contribution in [0.1, 0.15) is 16.7 Å². The van der Waals surface area contributed by atoms with Crippen molar-refractivity contribution >= 4 is 27.3 Å². The van der Waals surface area contributed by atoms with E-state index in [9.17, 15) is 13.2 Å². The molecule has 0 radical (unpaired) electrons. The van der Waals surface area contributed by atoms with Crippen molar-refractivity contribution in [2.45, 2.75) is 18.7 Å². The Labute approximate surface area is 122 Å². The first-order valence-electron chi connectivity index (χ1n) is 5.74. The first-order valence-corrected chi connectivity index (χ1v) is 8.11. The van der Waals surface area contributed by atoms with E-state index in [1.54, 1.807) is 12.1 Å². The van der Waals surface area contributed by atoms with E-state index in [0.717, 1.165) is 16.9 Å². The van der Waals surface area contributed by atoms with Crippen LogP contribution in [-0.4, -0.2) is 33.3 Å². The average molecular weight is 316 g/mol. The molecule has 20 heavy (non-hydrogen) atoms. The second-order valence-electron chi connectivity index (χ2n) is 3.80. The molecule has 1 aromatic heterocycles. The second kappa shape index (κ2) is 7.40. The van der Waals surface area contributed by atoms with Crippen LogP contribution in [0.15, 0.2) is 12.1 Å². The van der Waals surface area contributed by atoms with Gasteiger partial charge in [-0.2, -0.15) is 0 Å². The van der Waals surface area contributed by atoms with E-state index in [0.29, 0.717) is 0 Å². The van der Waals surface area contributed by atoms with Crippen LogP contribution < -0.4 is 10.5 Å². The summed E-state index contributed by atoms with van der Waals surface area (Å²) in [6.07, 6.45) is 0. The zero-order valence-corrected chi connectivity index (χ0v) is 12.8. The number of carbonyl (C=O) groups is 1. The van der Waals surface area contributed by atoms with E-state index in [1.165, 1.54) is 18.3 Å². The maximum atomic E-state index is 11.8. The molecule has 8 heteroatoms. The molecule has 110 valence electrons. The predicted octanol–water partition coefficient (Wildman–Crippen LogP) is 0.0392. The van der Waals surface area contributed by atoms with Gasteiger partial charge < -0.3 is 10.5 Å². The molecule has 0 fully saturated rings. The van der Waals surface area contributed by atoms with Gasteiger partial charge in [0.15, 0.2) is 5.25 Å². The molecule has 0 saturated heterocycles. The van der Waals surface area contributed by atoms with Crippen LogP contribution >= 0.6 is 11.3 Å². The summed E-state index contributed by atoms with van der Waals surface area (Å²) in [6, 6.07) is 3.57. The van der Waals surface area contributed by atoms with Crippen LogP contribution in [0, 0.1) is 11.8 Å². The predicted molar refractivity (Wildman–Crippen MR) is 77.5 cm³/mol. The zero-order valence-electron chi connectivity index (χ0n) is 11.2. The third-order valence-electron chi connectivity index (χ3n) is 2.42. The SMILES string of the molecule is COC(=O)C(C)S(=O)(=O)NCc1ccc(C#CCN)s1. The molecule has 0 amide bonds. The van der Waals surface area contributed by atoms with E-state index in [-0.39, 0.29) is 13.1 Å². The minimum Gasteiger partial charge on any atom is -0.468 e. The molecule has 1 heterocycles. The fourth-order valence-corrected chi connectivity index (χ4v) is 3.14. The van der Waals surface area contributed by atoms with Crippen molar-refractivity contribution in [3.8, 4) is 11.8 Å². The molecule has 0 aliphatic rings. The second-order valence-corrected chi connectivity index (χ2v) is 7.06. The summed E-state index contributed by atoms with van der Waals surface area (Å²) >= 11 is 1.37. The summed E-state index contributed by atoms with van der Waals surface area (Å²) in [5, 5.41) is -1.25. The van der Waals surface area contributed by atoms with Crippen molar-refractivity contribution in [1.82, 2.24) is 4.72 Å². The van der Waals surface area contributed by atoms with Crippen LogP contribution in [0.5, 0.6) is 0 Å².